The number of rotatable bonds is 2. The van der Waals surface area contributed by atoms with Gasteiger partial charge in [-0.05, 0) is 0 Å². The normalized spacial score (nSPS) is 12.2. The molecule has 106 valence electrons. The molecule has 4 nitrogen and oxygen atoms in total. The zero-order chi connectivity index (χ0) is 15.7. The maximum atomic E-state index is 8.23. The Balaban J connectivity index is 2.09. The van der Waals surface area contributed by atoms with Crippen molar-refractivity contribution in [1.82, 2.24) is 19.5 Å². The average molecular weight is 279 g/mol. The molecule has 0 unspecified atom stereocenters. The molecule has 2 heterocycles. The highest BCUT2D eigenvalue weighted by molar-refractivity contribution is 5.58. The fraction of sp³-hybridized carbons (Fsp3) is 0.235. The lowest BCUT2D eigenvalue weighted by atomic mass is 9.96. The molecule has 0 spiro atoms. The van der Waals surface area contributed by atoms with E-state index in [1.165, 1.54) is 0 Å². The van der Waals surface area contributed by atoms with Gasteiger partial charge in [0.1, 0.15) is 11.6 Å². The number of imidazole rings is 1. The Labute approximate surface area is 125 Å². The van der Waals surface area contributed by atoms with Crippen LogP contribution in [0, 0.1) is 0 Å². The lowest BCUT2D eigenvalue weighted by Crippen LogP contribution is -2.16. The molecule has 0 saturated heterocycles. The molecule has 0 atom stereocenters. The first kappa shape index (κ1) is 12.3. The summed E-state index contributed by atoms with van der Waals surface area (Å²) >= 11 is 0. The van der Waals surface area contributed by atoms with Gasteiger partial charge in [-0.1, -0.05) is 51.1 Å². The van der Waals surface area contributed by atoms with Gasteiger partial charge in [-0.25, -0.2) is 15.0 Å². The molecule has 0 aliphatic heterocycles. The minimum atomic E-state index is -0.175. The fourth-order valence-corrected chi connectivity index (χ4v) is 2.07. The summed E-state index contributed by atoms with van der Waals surface area (Å²) in [5.41, 5.74) is 1.45. The largest absolute Gasteiger partial charge is 0.297 e. The smallest absolute Gasteiger partial charge is 0.144 e. The molecule has 3 aromatic rings. The summed E-state index contributed by atoms with van der Waals surface area (Å²) < 4.78 is 10.1. The van der Waals surface area contributed by atoms with Gasteiger partial charge in [0, 0.05) is 23.4 Å². The van der Waals surface area contributed by atoms with Crippen LogP contribution in [0.4, 0.5) is 0 Å². The molecular weight excluding hydrogens is 260 g/mol. The van der Waals surface area contributed by atoms with Crippen LogP contribution < -0.4 is 0 Å². The number of aromatic nitrogens is 4. The second kappa shape index (κ2) is 5.13. The van der Waals surface area contributed by atoms with Gasteiger partial charge in [0.15, 0.2) is 0 Å². The summed E-state index contributed by atoms with van der Waals surface area (Å²) in [5.74, 6) is 1.45. The molecule has 21 heavy (non-hydrogen) atoms. The van der Waals surface area contributed by atoms with E-state index in [1.807, 2.05) is 61.9 Å². The standard InChI is InChI=1S/C17H18N4/c1-17(2,3)16-19-11-14(12-20-16)21-10-9-18-15(21)13-7-5-4-6-8-13/h4-12H,1-3H3/i11D. The van der Waals surface area contributed by atoms with Gasteiger partial charge in [-0.15, -0.1) is 0 Å². The Hall–Kier alpha value is -2.49. The zero-order valence-corrected chi connectivity index (χ0v) is 12.4. The van der Waals surface area contributed by atoms with Crippen LogP contribution in [-0.4, -0.2) is 19.5 Å². The van der Waals surface area contributed by atoms with Gasteiger partial charge < -0.3 is 0 Å². The first-order valence-corrected chi connectivity index (χ1v) is 6.90. The molecule has 0 saturated carbocycles. The van der Waals surface area contributed by atoms with E-state index in [4.69, 9.17) is 1.37 Å². The van der Waals surface area contributed by atoms with E-state index >= 15 is 0 Å². The predicted molar refractivity (Wildman–Crippen MR) is 83.3 cm³/mol. The van der Waals surface area contributed by atoms with Crippen molar-refractivity contribution in [2.45, 2.75) is 26.2 Å². The Kier molecular flexibility index (Phi) is 2.99. The average Bonchev–Trinajstić information content (AvgIpc) is 2.96. The van der Waals surface area contributed by atoms with E-state index in [2.05, 4.69) is 15.0 Å². The number of hydrogen-bond donors (Lipinski definition) is 0. The first-order valence-electron chi connectivity index (χ1n) is 7.40. The number of nitrogens with zero attached hydrogens (tertiary/aromatic N) is 4. The van der Waals surface area contributed by atoms with Gasteiger partial charge in [0.05, 0.1) is 19.4 Å². The van der Waals surface area contributed by atoms with Crippen LogP contribution in [0.5, 0.6) is 0 Å². The molecule has 0 N–H and O–H groups in total. The van der Waals surface area contributed by atoms with Crippen LogP contribution >= 0.6 is 0 Å². The Morgan fingerprint density at radius 2 is 1.81 bits per heavy atom. The van der Waals surface area contributed by atoms with Crippen molar-refractivity contribution in [3.05, 3.63) is 60.9 Å². The molecule has 0 amide bonds. The van der Waals surface area contributed by atoms with E-state index < -0.39 is 0 Å². The molecule has 3 rings (SSSR count). The van der Waals surface area contributed by atoms with Crippen LogP contribution in [-0.2, 0) is 5.41 Å². The van der Waals surface area contributed by atoms with Gasteiger partial charge in [0.25, 0.3) is 0 Å². The Bertz CT molecular complexity index is 788. The van der Waals surface area contributed by atoms with Crippen LogP contribution in [0.15, 0.2) is 55.1 Å². The molecule has 0 radical (unpaired) electrons. The van der Waals surface area contributed by atoms with E-state index in [9.17, 15) is 0 Å². The minimum absolute atomic E-state index is 0.175. The molecule has 0 aliphatic rings. The third-order valence-electron chi connectivity index (χ3n) is 3.19. The van der Waals surface area contributed by atoms with Crippen molar-refractivity contribution in [1.29, 1.82) is 0 Å². The quantitative estimate of drug-likeness (QED) is 0.719. The van der Waals surface area contributed by atoms with Crippen LogP contribution in [0.1, 0.15) is 28.0 Å². The molecule has 1 aromatic carbocycles. The third kappa shape index (κ3) is 2.70. The fourth-order valence-electron chi connectivity index (χ4n) is 2.07. The highest BCUT2D eigenvalue weighted by atomic mass is 15.1. The second-order valence-electron chi connectivity index (χ2n) is 5.93. The summed E-state index contributed by atoms with van der Waals surface area (Å²) in [6.45, 7) is 6.11. The molecular formula is C17H18N4. The molecule has 2 aromatic heterocycles. The van der Waals surface area contributed by atoms with Gasteiger partial charge in [0.2, 0.25) is 0 Å². The predicted octanol–water partition coefficient (Wildman–Crippen LogP) is 3.63. The summed E-state index contributed by atoms with van der Waals surface area (Å²) in [4.78, 5) is 13.2. The molecule has 0 aliphatic carbocycles. The minimum Gasteiger partial charge on any atom is -0.297 e. The first-order chi connectivity index (χ1) is 10.5. The van der Waals surface area contributed by atoms with Crippen molar-refractivity contribution in [2.75, 3.05) is 0 Å². The zero-order valence-electron chi connectivity index (χ0n) is 13.4. The van der Waals surface area contributed by atoms with E-state index in [-0.39, 0.29) is 11.6 Å². The maximum absolute atomic E-state index is 8.23. The van der Waals surface area contributed by atoms with E-state index in [0.29, 0.717) is 11.5 Å². The monoisotopic (exact) mass is 279 g/mol. The lowest BCUT2D eigenvalue weighted by molar-refractivity contribution is 0.544. The van der Waals surface area contributed by atoms with Crippen molar-refractivity contribution >= 4 is 0 Å². The lowest BCUT2D eigenvalue weighted by Gasteiger charge is -2.16. The summed E-state index contributed by atoms with van der Waals surface area (Å²) in [6, 6.07) is 9.89. The highest BCUT2D eigenvalue weighted by Gasteiger charge is 2.17. The number of hydrogen-bond acceptors (Lipinski definition) is 3. The Morgan fingerprint density at radius 3 is 2.48 bits per heavy atom. The van der Waals surface area contributed by atoms with Gasteiger partial charge in [-0.3, -0.25) is 4.57 Å². The summed E-state index contributed by atoms with van der Waals surface area (Å²) in [5, 5.41) is 0. The van der Waals surface area contributed by atoms with Gasteiger partial charge >= 0.3 is 0 Å². The van der Waals surface area contributed by atoms with Crippen LogP contribution in [0.3, 0.4) is 0 Å². The highest BCUT2D eigenvalue weighted by Crippen LogP contribution is 2.22. The third-order valence-corrected chi connectivity index (χ3v) is 3.19. The topological polar surface area (TPSA) is 43.6 Å². The van der Waals surface area contributed by atoms with Crippen molar-refractivity contribution in [3.63, 3.8) is 0 Å². The van der Waals surface area contributed by atoms with E-state index in [0.717, 1.165) is 11.4 Å². The molecule has 0 fully saturated rings. The summed E-state index contributed by atoms with van der Waals surface area (Å²) in [7, 11) is 0. The van der Waals surface area contributed by atoms with Gasteiger partial charge in [-0.2, -0.15) is 0 Å². The van der Waals surface area contributed by atoms with Crippen LogP contribution in [0.25, 0.3) is 17.1 Å². The van der Waals surface area contributed by atoms with Crippen molar-refractivity contribution < 1.29 is 1.37 Å². The summed E-state index contributed by atoms with van der Waals surface area (Å²) in [6.07, 6.45) is 5.45. The molecule has 0 bridgehead atoms. The van der Waals surface area contributed by atoms with Crippen molar-refractivity contribution in [3.8, 4) is 17.1 Å². The second-order valence-corrected chi connectivity index (χ2v) is 5.93. The Morgan fingerprint density at radius 1 is 1.05 bits per heavy atom. The maximum Gasteiger partial charge on any atom is 0.144 e. The number of benzene rings is 1. The SMILES string of the molecule is [2H]c1nc(C(C)(C)C)ncc1-n1ccnc1-c1ccccc1. The van der Waals surface area contributed by atoms with E-state index in [1.54, 1.807) is 12.4 Å². The molecule has 4 heteroatoms. The van der Waals surface area contributed by atoms with Crippen molar-refractivity contribution in [2.24, 2.45) is 0 Å². The van der Waals surface area contributed by atoms with Crippen LogP contribution in [0.2, 0.25) is 0 Å².